The zero-order chi connectivity index (χ0) is 14.6. The van der Waals surface area contributed by atoms with Crippen LogP contribution in [0, 0.1) is 11.6 Å². The van der Waals surface area contributed by atoms with Crippen molar-refractivity contribution in [2.45, 2.75) is 11.3 Å². The number of hydrogen-bond acceptors (Lipinski definition) is 4. The van der Waals surface area contributed by atoms with E-state index in [1.165, 1.54) is 14.2 Å². The first kappa shape index (κ1) is 15.5. The van der Waals surface area contributed by atoms with Gasteiger partial charge in [-0.05, 0) is 18.2 Å². The Kier molecular flexibility index (Phi) is 4.96. The van der Waals surface area contributed by atoms with E-state index in [-0.39, 0.29) is 13.0 Å². The van der Waals surface area contributed by atoms with E-state index < -0.39 is 32.5 Å². The minimum absolute atomic E-state index is 0.177. The fourth-order valence-corrected chi connectivity index (χ4v) is 2.56. The molecule has 1 aromatic carbocycles. The van der Waals surface area contributed by atoms with Gasteiger partial charge in [-0.25, -0.2) is 21.5 Å². The summed E-state index contributed by atoms with van der Waals surface area (Å²) in [6.45, 7) is -0.190. The second-order valence-corrected chi connectivity index (χ2v) is 5.74. The molecular weight excluding hydrogens is 280 g/mol. The summed E-state index contributed by atoms with van der Waals surface area (Å²) in [5, 5.41) is 0. The maximum atomic E-state index is 13.4. The molecule has 0 amide bonds. The minimum Gasteiger partial charge on any atom is -0.469 e. The third-order valence-electron chi connectivity index (χ3n) is 2.44. The number of sulfonamides is 1. The molecule has 0 aromatic heterocycles. The molecule has 5 nitrogen and oxygen atoms in total. The van der Waals surface area contributed by atoms with Crippen LogP contribution in [0.15, 0.2) is 23.1 Å². The van der Waals surface area contributed by atoms with Gasteiger partial charge in [0.05, 0.1) is 13.5 Å². The normalized spacial score (nSPS) is 11.6. The fourth-order valence-electron chi connectivity index (χ4n) is 1.31. The molecule has 0 aliphatic heterocycles. The Morgan fingerprint density at radius 3 is 2.58 bits per heavy atom. The first-order valence-corrected chi connectivity index (χ1v) is 6.71. The summed E-state index contributed by atoms with van der Waals surface area (Å²) < 4.78 is 55.5. The number of methoxy groups -OCH3 is 1. The highest BCUT2D eigenvalue weighted by atomic mass is 32.2. The fraction of sp³-hybridized carbons (Fsp3) is 0.364. The number of ether oxygens (including phenoxy) is 1. The lowest BCUT2D eigenvalue weighted by atomic mass is 10.3. The zero-order valence-electron chi connectivity index (χ0n) is 10.4. The topological polar surface area (TPSA) is 63.7 Å². The first-order chi connectivity index (χ1) is 8.78. The van der Waals surface area contributed by atoms with Gasteiger partial charge in [-0.1, -0.05) is 0 Å². The second-order valence-electron chi connectivity index (χ2n) is 3.73. The standard InChI is InChI=1S/C11H13F2NO4S/c1-14(6-5-11(15)18-2)19(16,17)10-7-8(12)3-4-9(10)13/h3-4,7H,5-6H2,1-2H3. The number of carbonyl (C=O) groups is 1. The van der Waals surface area contributed by atoms with Gasteiger partial charge in [-0.15, -0.1) is 0 Å². The molecule has 0 N–H and O–H groups in total. The number of carbonyl (C=O) groups excluding carboxylic acids is 1. The largest absolute Gasteiger partial charge is 0.469 e. The highest BCUT2D eigenvalue weighted by Gasteiger charge is 2.25. The Morgan fingerprint density at radius 1 is 1.37 bits per heavy atom. The Morgan fingerprint density at radius 2 is 2.00 bits per heavy atom. The predicted octanol–water partition coefficient (Wildman–Crippen LogP) is 1.15. The van der Waals surface area contributed by atoms with E-state index >= 15 is 0 Å². The minimum atomic E-state index is -4.19. The molecule has 0 aliphatic carbocycles. The van der Waals surface area contributed by atoms with Gasteiger partial charge in [0, 0.05) is 13.6 Å². The number of hydrogen-bond donors (Lipinski definition) is 0. The number of nitrogens with zero attached hydrogens (tertiary/aromatic N) is 1. The van der Waals surface area contributed by atoms with E-state index in [2.05, 4.69) is 4.74 Å². The molecule has 0 spiro atoms. The van der Waals surface area contributed by atoms with Crippen molar-refractivity contribution in [1.82, 2.24) is 4.31 Å². The molecule has 8 heteroatoms. The van der Waals surface area contributed by atoms with E-state index in [9.17, 15) is 22.0 Å². The average molecular weight is 293 g/mol. The summed E-state index contributed by atoms with van der Waals surface area (Å²) in [5.41, 5.74) is 0. The van der Waals surface area contributed by atoms with Crippen molar-refractivity contribution in [2.24, 2.45) is 0 Å². The molecular formula is C11H13F2NO4S. The molecule has 106 valence electrons. The molecule has 0 heterocycles. The van der Waals surface area contributed by atoms with Gasteiger partial charge in [0.25, 0.3) is 0 Å². The molecule has 19 heavy (non-hydrogen) atoms. The molecule has 1 aromatic rings. The average Bonchev–Trinajstić information content (AvgIpc) is 2.37. The zero-order valence-corrected chi connectivity index (χ0v) is 11.2. The third-order valence-corrected chi connectivity index (χ3v) is 4.31. The van der Waals surface area contributed by atoms with Gasteiger partial charge in [0.15, 0.2) is 0 Å². The summed E-state index contributed by atoms with van der Waals surface area (Å²) in [7, 11) is -1.85. The van der Waals surface area contributed by atoms with Gasteiger partial charge in [-0.2, -0.15) is 0 Å². The van der Waals surface area contributed by atoms with Crippen LogP contribution in [0.2, 0.25) is 0 Å². The molecule has 1 rings (SSSR count). The lowest BCUT2D eigenvalue weighted by molar-refractivity contribution is -0.140. The van der Waals surface area contributed by atoms with E-state index in [1.807, 2.05) is 0 Å². The van der Waals surface area contributed by atoms with Crippen LogP contribution in [0.3, 0.4) is 0 Å². The maximum Gasteiger partial charge on any atom is 0.306 e. The highest BCUT2D eigenvalue weighted by Crippen LogP contribution is 2.19. The monoisotopic (exact) mass is 293 g/mol. The Labute approximate surface area is 109 Å². The third kappa shape index (κ3) is 3.71. The Hall–Kier alpha value is -1.54. The molecule has 0 unspecified atom stereocenters. The van der Waals surface area contributed by atoms with Gasteiger partial charge in [0.1, 0.15) is 16.5 Å². The molecule has 0 aliphatic rings. The van der Waals surface area contributed by atoms with Crippen molar-refractivity contribution < 1.29 is 26.7 Å². The van der Waals surface area contributed by atoms with Gasteiger partial charge in [-0.3, -0.25) is 4.79 Å². The Bertz CT molecular complexity index is 574. The van der Waals surface area contributed by atoms with Gasteiger partial charge < -0.3 is 4.74 Å². The molecule has 0 saturated heterocycles. The summed E-state index contributed by atoms with van der Waals surface area (Å²) >= 11 is 0. The van der Waals surface area contributed by atoms with E-state index in [0.29, 0.717) is 6.07 Å². The summed E-state index contributed by atoms with van der Waals surface area (Å²) in [5.74, 6) is -2.51. The van der Waals surface area contributed by atoms with E-state index in [0.717, 1.165) is 16.4 Å². The van der Waals surface area contributed by atoms with Crippen molar-refractivity contribution in [1.29, 1.82) is 0 Å². The van der Waals surface area contributed by atoms with E-state index in [4.69, 9.17) is 0 Å². The number of halogens is 2. The van der Waals surface area contributed by atoms with Crippen molar-refractivity contribution in [3.05, 3.63) is 29.8 Å². The van der Waals surface area contributed by atoms with Crippen LogP contribution in [0.1, 0.15) is 6.42 Å². The molecule has 0 atom stereocenters. The van der Waals surface area contributed by atoms with E-state index in [1.54, 1.807) is 0 Å². The molecule has 0 fully saturated rings. The van der Waals surface area contributed by atoms with Crippen LogP contribution in [0.5, 0.6) is 0 Å². The number of rotatable bonds is 5. The van der Waals surface area contributed by atoms with Crippen molar-refractivity contribution >= 4 is 16.0 Å². The van der Waals surface area contributed by atoms with Crippen LogP contribution in [0.4, 0.5) is 8.78 Å². The number of esters is 1. The summed E-state index contributed by atoms with van der Waals surface area (Å²) in [6.07, 6.45) is -0.177. The summed E-state index contributed by atoms with van der Waals surface area (Å²) in [6, 6.07) is 2.15. The summed E-state index contributed by atoms with van der Waals surface area (Å²) in [4.78, 5) is 10.2. The Balaban J connectivity index is 2.97. The maximum absolute atomic E-state index is 13.4. The van der Waals surface area contributed by atoms with Crippen LogP contribution in [-0.4, -0.2) is 39.4 Å². The number of benzene rings is 1. The highest BCUT2D eigenvalue weighted by molar-refractivity contribution is 7.89. The smallest absolute Gasteiger partial charge is 0.306 e. The SMILES string of the molecule is COC(=O)CCN(C)S(=O)(=O)c1cc(F)ccc1F. The lowest BCUT2D eigenvalue weighted by Gasteiger charge is -2.16. The van der Waals surface area contributed by atoms with Crippen LogP contribution < -0.4 is 0 Å². The first-order valence-electron chi connectivity index (χ1n) is 5.27. The predicted molar refractivity (Wildman–Crippen MR) is 62.8 cm³/mol. The van der Waals surface area contributed by atoms with Gasteiger partial charge in [0.2, 0.25) is 10.0 Å². The van der Waals surface area contributed by atoms with Crippen molar-refractivity contribution in [2.75, 3.05) is 20.7 Å². The second kappa shape index (κ2) is 6.07. The van der Waals surface area contributed by atoms with Crippen LogP contribution in [-0.2, 0) is 19.6 Å². The van der Waals surface area contributed by atoms with Crippen LogP contribution in [0.25, 0.3) is 0 Å². The van der Waals surface area contributed by atoms with Crippen molar-refractivity contribution in [3.63, 3.8) is 0 Å². The van der Waals surface area contributed by atoms with Gasteiger partial charge >= 0.3 is 5.97 Å². The lowest BCUT2D eigenvalue weighted by Crippen LogP contribution is -2.30. The quantitative estimate of drug-likeness (QED) is 0.764. The molecule has 0 bridgehead atoms. The molecule has 0 radical (unpaired) electrons. The van der Waals surface area contributed by atoms with Crippen molar-refractivity contribution in [3.8, 4) is 0 Å². The molecule has 0 saturated carbocycles. The van der Waals surface area contributed by atoms with Crippen LogP contribution >= 0.6 is 0 Å².